The molecular formula is C10H14FN3O2. The standard InChI is InChI=1S/C10H14FN3O2/c11-10(6-15)3-1-7(5-10)14-4-2-8(12)13-9(14)16/h2,4,7,15H,1,3,5-6H2,(H2,12,13,16)/t7-,10-/m0/s1. The summed E-state index contributed by atoms with van der Waals surface area (Å²) in [5, 5.41) is 8.91. The van der Waals surface area contributed by atoms with Gasteiger partial charge in [0.2, 0.25) is 0 Å². The summed E-state index contributed by atoms with van der Waals surface area (Å²) in [5.74, 6) is 0.160. The summed E-state index contributed by atoms with van der Waals surface area (Å²) in [6, 6.07) is 1.27. The first-order valence-electron chi connectivity index (χ1n) is 5.18. The maximum absolute atomic E-state index is 13.8. The van der Waals surface area contributed by atoms with Crippen molar-refractivity contribution >= 4 is 5.82 Å². The topological polar surface area (TPSA) is 81.1 Å². The van der Waals surface area contributed by atoms with Gasteiger partial charge in [-0.3, -0.25) is 4.57 Å². The molecule has 1 aliphatic carbocycles. The minimum Gasteiger partial charge on any atom is -0.393 e. The molecule has 0 radical (unpaired) electrons. The maximum atomic E-state index is 13.8. The van der Waals surface area contributed by atoms with Crippen molar-refractivity contribution in [3.8, 4) is 0 Å². The Morgan fingerprint density at radius 2 is 2.50 bits per heavy atom. The molecule has 0 spiro atoms. The van der Waals surface area contributed by atoms with E-state index in [1.807, 2.05) is 0 Å². The quantitative estimate of drug-likeness (QED) is 0.759. The number of aromatic nitrogens is 2. The minimum atomic E-state index is -1.56. The molecule has 88 valence electrons. The second kappa shape index (κ2) is 3.86. The molecule has 0 bridgehead atoms. The Morgan fingerprint density at radius 3 is 3.06 bits per heavy atom. The lowest BCUT2D eigenvalue weighted by Gasteiger charge is -2.17. The Balaban J connectivity index is 2.24. The van der Waals surface area contributed by atoms with Crippen molar-refractivity contribution in [2.45, 2.75) is 31.0 Å². The molecule has 0 saturated heterocycles. The number of anilines is 1. The van der Waals surface area contributed by atoms with Crippen LogP contribution in [-0.4, -0.2) is 26.9 Å². The van der Waals surface area contributed by atoms with Crippen LogP contribution in [0.2, 0.25) is 0 Å². The number of halogens is 1. The molecule has 1 aliphatic rings. The third kappa shape index (κ3) is 1.92. The Labute approximate surface area is 91.7 Å². The fourth-order valence-electron chi connectivity index (χ4n) is 2.14. The van der Waals surface area contributed by atoms with Gasteiger partial charge in [-0.25, -0.2) is 9.18 Å². The summed E-state index contributed by atoms with van der Waals surface area (Å²) in [6.07, 6.45) is 2.47. The van der Waals surface area contributed by atoms with Gasteiger partial charge in [0.05, 0.1) is 6.61 Å². The minimum absolute atomic E-state index is 0.148. The van der Waals surface area contributed by atoms with E-state index >= 15 is 0 Å². The zero-order valence-electron chi connectivity index (χ0n) is 8.77. The molecule has 0 unspecified atom stereocenters. The lowest BCUT2D eigenvalue weighted by atomic mass is 10.1. The monoisotopic (exact) mass is 227 g/mol. The molecule has 16 heavy (non-hydrogen) atoms. The van der Waals surface area contributed by atoms with Gasteiger partial charge in [0.25, 0.3) is 0 Å². The molecular weight excluding hydrogens is 213 g/mol. The van der Waals surface area contributed by atoms with Crippen LogP contribution in [0, 0.1) is 0 Å². The van der Waals surface area contributed by atoms with Crippen molar-refractivity contribution in [2.24, 2.45) is 0 Å². The van der Waals surface area contributed by atoms with E-state index in [4.69, 9.17) is 10.8 Å². The number of hydrogen-bond acceptors (Lipinski definition) is 4. The van der Waals surface area contributed by atoms with Crippen molar-refractivity contribution in [1.82, 2.24) is 9.55 Å². The van der Waals surface area contributed by atoms with Crippen LogP contribution in [0.4, 0.5) is 10.2 Å². The van der Waals surface area contributed by atoms with Crippen molar-refractivity contribution < 1.29 is 9.50 Å². The van der Waals surface area contributed by atoms with Crippen LogP contribution < -0.4 is 11.4 Å². The molecule has 0 amide bonds. The zero-order valence-corrected chi connectivity index (χ0v) is 8.77. The number of aliphatic hydroxyl groups excluding tert-OH is 1. The Kier molecular flexibility index (Phi) is 2.67. The van der Waals surface area contributed by atoms with Crippen molar-refractivity contribution in [3.05, 3.63) is 22.7 Å². The molecule has 2 atom stereocenters. The molecule has 1 aromatic rings. The predicted octanol–water partition coefficient (Wildman–Crippen LogP) is 0.251. The average molecular weight is 227 g/mol. The van der Waals surface area contributed by atoms with E-state index in [9.17, 15) is 9.18 Å². The Bertz CT molecular complexity index is 448. The molecule has 0 aliphatic heterocycles. The Morgan fingerprint density at radius 1 is 1.75 bits per heavy atom. The summed E-state index contributed by atoms with van der Waals surface area (Å²) in [4.78, 5) is 15.1. The number of nitrogens with zero attached hydrogens (tertiary/aromatic N) is 2. The van der Waals surface area contributed by atoms with Gasteiger partial charge in [-0.15, -0.1) is 0 Å². The highest BCUT2D eigenvalue weighted by Crippen LogP contribution is 2.39. The first kappa shape index (κ1) is 11.1. The highest BCUT2D eigenvalue weighted by molar-refractivity contribution is 5.23. The van der Waals surface area contributed by atoms with E-state index in [1.54, 1.807) is 0 Å². The average Bonchev–Trinajstić information content (AvgIpc) is 2.62. The molecule has 5 nitrogen and oxygen atoms in total. The van der Waals surface area contributed by atoms with E-state index in [2.05, 4.69) is 4.98 Å². The van der Waals surface area contributed by atoms with Gasteiger partial charge in [0.15, 0.2) is 0 Å². The van der Waals surface area contributed by atoms with E-state index in [0.29, 0.717) is 6.42 Å². The maximum Gasteiger partial charge on any atom is 0.349 e. The Hall–Kier alpha value is -1.43. The van der Waals surface area contributed by atoms with Crippen molar-refractivity contribution in [2.75, 3.05) is 12.3 Å². The fraction of sp³-hybridized carbons (Fsp3) is 0.600. The molecule has 3 N–H and O–H groups in total. The molecule has 1 aromatic heterocycles. The van der Waals surface area contributed by atoms with Gasteiger partial charge >= 0.3 is 5.69 Å². The molecule has 1 fully saturated rings. The number of nitrogen functional groups attached to an aromatic ring is 1. The van der Waals surface area contributed by atoms with E-state index in [1.165, 1.54) is 16.8 Å². The van der Waals surface area contributed by atoms with Crippen LogP contribution in [0.15, 0.2) is 17.1 Å². The summed E-state index contributed by atoms with van der Waals surface area (Å²) < 4.78 is 15.2. The predicted molar refractivity (Wildman–Crippen MR) is 56.7 cm³/mol. The SMILES string of the molecule is Nc1ccn([C@H]2CC[C@@](F)(CO)C2)c(=O)n1. The number of rotatable bonds is 2. The summed E-state index contributed by atoms with van der Waals surface area (Å²) in [5.41, 5.74) is 3.34. The van der Waals surface area contributed by atoms with Gasteiger partial charge in [0.1, 0.15) is 11.5 Å². The third-order valence-corrected chi connectivity index (χ3v) is 3.06. The normalized spacial score (nSPS) is 29.5. The second-order valence-corrected chi connectivity index (χ2v) is 4.25. The van der Waals surface area contributed by atoms with Crippen LogP contribution in [0.25, 0.3) is 0 Å². The van der Waals surface area contributed by atoms with E-state index in [-0.39, 0.29) is 24.7 Å². The van der Waals surface area contributed by atoms with Gasteiger partial charge in [0, 0.05) is 18.7 Å². The smallest absolute Gasteiger partial charge is 0.349 e. The van der Waals surface area contributed by atoms with Crippen LogP contribution in [0.5, 0.6) is 0 Å². The largest absolute Gasteiger partial charge is 0.393 e. The van der Waals surface area contributed by atoms with Crippen molar-refractivity contribution in [1.29, 1.82) is 0 Å². The summed E-state index contributed by atoms with van der Waals surface area (Å²) in [6.45, 7) is -0.499. The lowest BCUT2D eigenvalue weighted by molar-refractivity contribution is 0.0738. The molecule has 6 heteroatoms. The van der Waals surface area contributed by atoms with Gasteiger partial charge < -0.3 is 10.8 Å². The number of alkyl halides is 1. The molecule has 1 saturated carbocycles. The van der Waals surface area contributed by atoms with Gasteiger partial charge in [-0.05, 0) is 18.9 Å². The first-order chi connectivity index (χ1) is 7.54. The van der Waals surface area contributed by atoms with Crippen LogP contribution in [0.1, 0.15) is 25.3 Å². The molecule has 0 aromatic carbocycles. The third-order valence-electron chi connectivity index (χ3n) is 3.06. The van der Waals surface area contributed by atoms with Crippen LogP contribution >= 0.6 is 0 Å². The highest BCUT2D eigenvalue weighted by atomic mass is 19.1. The summed E-state index contributed by atoms with van der Waals surface area (Å²) in [7, 11) is 0. The van der Waals surface area contributed by atoms with Gasteiger partial charge in [-0.1, -0.05) is 0 Å². The van der Waals surface area contributed by atoms with Crippen LogP contribution in [-0.2, 0) is 0 Å². The fourth-order valence-corrected chi connectivity index (χ4v) is 2.14. The number of nitrogens with two attached hydrogens (primary N) is 1. The van der Waals surface area contributed by atoms with E-state index in [0.717, 1.165) is 0 Å². The second-order valence-electron chi connectivity index (χ2n) is 4.25. The van der Waals surface area contributed by atoms with Crippen LogP contribution in [0.3, 0.4) is 0 Å². The summed E-state index contributed by atoms with van der Waals surface area (Å²) >= 11 is 0. The lowest BCUT2D eigenvalue weighted by Crippen LogP contribution is -2.29. The highest BCUT2D eigenvalue weighted by Gasteiger charge is 2.39. The number of hydrogen-bond donors (Lipinski definition) is 2. The molecule has 2 rings (SSSR count). The number of aliphatic hydroxyl groups is 1. The van der Waals surface area contributed by atoms with E-state index < -0.39 is 18.0 Å². The molecule has 1 heterocycles. The zero-order chi connectivity index (χ0) is 11.8. The van der Waals surface area contributed by atoms with Crippen molar-refractivity contribution in [3.63, 3.8) is 0 Å². The first-order valence-corrected chi connectivity index (χ1v) is 5.18. The van der Waals surface area contributed by atoms with Gasteiger partial charge in [-0.2, -0.15) is 4.98 Å².